The standard InChI is InChI=1S/C28H27ClF2N4O3/c1-4-20(36)33-9-10-34(15(2)12-33)26-17-11-18(29)22-21-16(5-6-19(30)23(21)31)13-38-25(22)24(17)35(27(37)32-26)14-28(3)7-8-28/h4-6,11,15H,1,7-10,12-14H2,2-3H3/t15-/m0/s1. The minimum absolute atomic E-state index is 0.0107. The summed E-state index contributed by atoms with van der Waals surface area (Å²) in [5, 5.41) is 0.769. The molecule has 38 heavy (non-hydrogen) atoms. The van der Waals surface area contributed by atoms with Crippen molar-refractivity contribution in [1.82, 2.24) is 14.5 Å². The summed E-state index contributed by atoms with van der Waals surface area (Å²) in [6.45, 7) is 9.38. The third-order valence-electron chi connectivity index (χ3n) is 7.98. The molecule has 1 amide bonds. The highest BCUT2D eigenvalue weighted by molar-refractivity contribution is 6.35. The molecule has 1 aromatic heterocycles. The summed E-state index contributed by atoms with van der Waals surface area (Å²) < 4.78 is 37.2. The number of hydrogen-bond acceptors (Lipinski definition) is 5. The lowest BCUT2D eigenvalue weighted by molar-refractivity contribution is -0.126. The van der Waals surface area contributed by atoms with Gasteiger partial charge in [-0.05, 0) is 43.4 Å². The van der Waals surface area contributed by atoms with Crippen LogP contribution >= 0.6 is 11.6 Å². The van der Waals surface area contributed by atoms with Gasteiger partial charge >= 0.3 is 5.69 Å². The zero-order valence-corrected chi connectivity index (χ0v) is 21.9. The summed E-state index contributed by atoms with van der Waals surface area (Å²) in [4.78, 5) is 34.0. The number of aromatic nitrogens is 2. The van der Waals surface area contributed by atoms with E-state index in [9.17, 15) is 14.0 Å². The van der Waals surface area contributed by atoms with Crippen LogP contribution in [0.2, 0.25) is 5.02 Å². The second-order valence-corrected chi connectivity index (χ2v) is 11.2. The first-order valence-electron chi connectivity index (χ1n) is 12.7. The molecule has 0 spiro atoms. The van der Waals surface area contributed by atoms with Gasteiger partial charge in [0.15, 0.2) is 17.4 Å². The Morgan fingerprint density at radius 3 is 2.74 bits per heavy atom. The lowest BCUT2D eigenvalue weighted by Gasteiger charge is -2.40. The Morgan fingerprint density at radius 1 is 1.29 bits per heavy atom. The molecule has 1 atom stereocenters. The van der Waals surface area contributed by atoms with Gasteiger partial charge in [0.1, 0.15) is 12.4 Å². The normalized spacial score (nSPS) is 19.6. The fraction of sp³-hybridized carbons (Fsp3) is 0.393. The molecule has 3 aromatic rings. The van der Waals surface area contributed by atoms with Gasteiger partial charge < -0.3 is 14.5 Å². The molecule has 3 aliphatic rings. The smallest absolute Gasteiger partial charge is 0.350 e. The summed E-state index contributed by atoms with van der Waals surface area (Å²) in [5.41, 5.74) is 0.734. The lowest BCUT2D eigenvalue weighted by Crippen LogP contribution is -2.54. The Bertz CT molecular complexity index is 1580. The number of benzene rings is 2. The minimum atomic E-state index is -0.998. The molecule has 10 heteroatoms. The first kappa shape index (κ1) is 24.9. The maximum Gasteiger partial charge on any atom is 0.350 e. The van der Waals surface area contributed by atoms with Crippen molar-refractivity contribution in [1.29, 1.82) is 0 Å². The quantitative estimate of drug-likeness (QED) is 0.440. The Hall–Kier alpha value is -3.46. The van der Waals surface area contributed by atoms with Gasteiger partial charge in [0.25, 0.3) is 0 Å². The van der Waals surface area contributed by atoms with Crippen LogP contribution < -0.4 is 15.3 Å². The molecular weight excluding hydrogens is 514 g/mol. The van der Waals surface area contributed by atoms with Crippen molar-refractivity contribution >= 4 is 34.2 Å². The number of ether oxygens (including phenoxy) is 1. The molecule has 1 aliphatic carbocycles. The summed E-state index contributed by atoms with van der Waals surface area (Å²) in [5.74, 6) is -1.45. The van der Waals surface area contributed by atoms with Gasteiger partial charge in [0.2, 0.25) is 5.91 Å². The van der Waals surface area contributed by atoms with Crippen LogP contribution in [0.5, 0.6) is 5.75 Å². The van der Waals surface area contributed by atoms with Crippen molar-refractivity contribution in [3.63, 3.8) is 0 Å². The van der Waals surface area contributed by atoms with E-state index in [1.165, 1.54) is 12.1 Å². The minimum Gasteiger partial charge on any atom is -0.486 e. The number of fused-ring (bicyclic) bond motifs is 5. The number of carbonyl (C=O) groups is 1. The fourth-order valence-electron chi connectivity index (χ4n) is 5.59. The zero-order chi connectivity index (χ0) is 26.9. The number of piperazine rings is 1. The Labute approximate surface area is 223 Å². The first-order valence-corrected chi connectivity index (χ1v) is 13.0. The molecular formula is C28H27ClF2N4O3. The van der Waals surface area contributed by atoms with E-state index in [2.05, 4.69) is 18.5 Å². The second kappa shape index (κ2) is 8.80. The molecule has 6 rings (SSSR count). The predicted molar refractivity (Wildman–Crippen MR) is 142 cm³/mol. The van der Waals surface area contributed by atoms with Crippen LogP contribution in [0, 0.1) is 17.0 Å². The molecule has 0 bridgehead atoms. The van der Waals surface area contributed by atoms with Gasteiger partial charge in [0.05, 0.1) is 10.5 Å². The van der Waals surface area contributed by atoms with Crippen LogP contribution in [-0.2, 0) is 17.9 Å². The van der Waals surface area contributed by atoms with Crippen molar-refractivity contribution in [2.24, 2.45) is 5.41 Å². The molecule has 0 unspecified atom stereocenters. The molecule has 2 aromatic carbocycles. The van der Waals surface area contributed by atoms with Crippen LogP contribution in [0.15, 0.2) is 35.6 Å². The lowest BCUT2D eigenvalue weighted by atomic mass is 9.94. The molecule has 2 aliphatic heterocycles. The van der Waals surface area contributed by atoms with Crippen LogP contribution in [0.4, 0.5) is 14.6 Å². The van der Waals surface area contributed by atoms with Gasteiger partial charge in [-0.15, -0.1) is 0 Å². The monoisotopic (exact) mass is 540 g/mol. The van der Waals surface area contributed by atoms with E-state index in [0.717, 1.165) is 18.9 Å². The van der Waals surface area contributed by atoms with Crippen LogP contribution in [0.1, 0.15) is 32.3 Å². The fourth-order valence-corrected chi connectivity index (χ4v) is 5.88. The largest absolute Gasteiger partial charge is 0.486 e. The van der Waals surface area contributed by atoms with Crippen LogP contribution in [0.25, 0.3) is 22.0 Å². The average Bonchev–Trinajstić information content (AvgIpc) is 3.63. The third-order valence-corrected chi connectivity index (χ3v) is 8.28. The number of amides is 1. The van der Waals surface area contributed by atoms with E-state index in [4.69, 9.17) is 16.3 Å². The summed E-state index contributed by atoms with van der Waals surface area (Å²) in [7, 11) is 0. The van der Waals surface area contributed by atoms with Crippen molar-refractivity contribution in [2.45, 2.75) is 45.9 Å². The Morgan fingerprint density at radius 2 is 2.05 bits per heavy atom. The van der Waals surface area contributed by atoms with E-state index in [1.807, 2.05) is 11.8 Å². The van der Waals surface area contributed by atoms with E-state index in [0.29, 0.717) is 48.5 Å². The molecule has 0 N–H and O–H groups in total. The van der Waals surface area contributed by atoms with Gasteiger partial charge in [-0.25, -0.2) is 13.6 Å². The molecule has 2 fully saturated rings. The van der Waals surface area contributed by atoms with Crippen molar-refractivity contribution < 1.29 is 18.3 Å². The predicted octanol–water partition coefficient (Wildman–Crippen LogP) is 4.91. The highest BCUT2D eigenvalue weighted by atomic mass is 35.5. The maximum absolute atomic E-state index is 15.1. The van der Waals surface area contributed by atoms with E-state index >= 15 is 4.39 Å². The molecule has 1 saturated heterocycles. The van der Waals surface area contributed by atoms with E-state index in [-0.39, 0.29) is 45.9 Å². The number of anilines is 1. The Balaban J connectivity index is 1.59. The third kappa shape index (κ3) is 3.86. The van der Waals surface area contributed by atoms with Crippen molar-refractivity contribution in [2.75, 3.05) is 24.5 Å². The van der Waals surface area contributed by atoms with E-state index in [1.54, 1.807) is 15.5 Å². The van der Waals surface area contributed by atoms with Crippen LogP contribution in [0.3, 0.4) is 0 Å². The van der Waals surface area contributed by atoms with Crippen molar-refractivity contribution in [3.8, 4) is 16.9 Å². The van der Waals surface area contributed by atoms with Crippen LogP contribution in [-0.4, -0.2) is 46.0 Å². The van der Waals surface area contributed by atoms with Gasteiger partial charge in [-0.1, -0.05) is 31.2 Å². The average molecular weight is 541 g/mol. The highest BCUT2D eigenvalue weighted by Crippen LogP contribution is 2.51. The molecule has 1 saturated carbocycles. The number of carbonyl (C=O) groups excluding carboxylic acids is 1. The zero-order valence-electron chi connectivity index (χ0n) is 21.2. The number of hydrogen-bond donors (Lipinski definition) is 0. The molecule has 198 valence electrons. The second-order valence-electron chi connectivity index (χ2n) is 10.8. The topological polar surface area (TPSA) is 67.7 Å². The number of nitrogens with zero attached hydrogens (tertiary/aromatic N) is 4. The first-order chi connectivity index (χ1) is 18.1. The van der Waals surface area contributed by atoms with Gasteiger partial charge in [-0.2, -0.15) is 4.98 Å². The summed E-state index contributed by atoms with van der Waals surface area (Å²) in [6.07, 6.45) is 3.23. The van der Waals surface area contributed by atoms with Gasteiger partial charge in [0, 0.05) is 54.3 Å². The van der Waals surface area contributed by atoms with E-state index < -0.39 is 17.3 Å². The van der Waals surface area contributed by atoms with Gasteiger partial charge in [-0.3, -0.25) is 9.36 Å². The summed E-state index contributed by atoms with van der Waals surface area (Å²) >= 11 is 6.77. The SMILES string of the molecule is C=CC(=O)N1CCN(c2nc(=O)n(CC3(C)CC3)c3c4c(c(Cl)cc23)-c2c(ccc(F)c2F)CO4)[C@@H](C)C1. The number of halogens is 3. The molecule has 0 radical (unpaired) electrons. The Kier molecular flexibility index (Phi) is 5.75. The maximum atomic E-state index is 15.1. The molecule has 7 nitrogen and oxygen atoms in total. The summed E-state index contributed by atoms with van der Waals surface area (Å²) in [6, 6.07) is 4.07. The number of rotatable bonds is 4. The van der Waals surface area contributed by atoms with Crippen molar-refractivity contribution in [3.05, 3.63) is 63.6 Å². The molecule has 3 heterocycles. The highest BCUT2D eigenvalue weighted by Gasteiger charge is 2.40.